The molecule has 2 aliphatic rings. The maximum Gasteiger partial charge on any atom is 0.312 e. The number of anilines is 1. The molecule has 2 aromatic rings. The molecule has 1 saturated carbocycles. The van der Waals surface area contributed by atoms with Crippen LogP contribution in [0.3, 0.4) is 0 Å². The van der Waals surface area contributed by atoms with Gasteiger partial charge >= 0.3 is 5.97 Å². The van der Waals surface area contributed by atoms with E-state index in [0.717, 1.165) is 54.6 Å². The van der Waals surface area contributed by atoms with Crippen molar-refractivity contribution in [2.75, 3.05) is 18.0 Å². The predicted molar refractivity (Wildman–Crippen MR) is 139 cm³/mol. The molecule has 3 heterocycles. The van der Waals surface area contributed by atoms with Crippen molar-refractivity contribution in [2.24, 2.45) is 26.5 Å². The van der Waals surface area contributed by atoms with Crippen LogP contribution < -0.4 is 4.90 Å². The van der Waals surface area contributed by atoms with Crippen LogP contribution in [0.2, 0.25) is 0 Å². The van der Waals surface area contributed by atoms with Gasteiger partial charge in [-0.3, -0.25) is 4.79 Å². The number of rotatable bonds is 6. The highest BCUT2D eigenvalue weighted by Crippen LogP contribution is 2.68. The number of carbonyl (C=O) groups excluding carboxylic acids is 1. The molecule has 0 aromatic carbocycles. The number of ether oxygens (including phenoxy) is 1. The first-order chi connectivity index (χ1) is 16.3. The average Bonchev–Trinajstić information content (AvgIpc) is 3.03. The molecule has 0 amide bonds. The number of esters is 1. The zero-order valence-electron chi connectivity index (χ0n) is 21.6. The second-order valence-electron chi connectivity index (χ2n) is 11.6. The van der Waals surface area contributed by atoms with Crippen LogP contribution in [-0.4, -0.2) is 34.5 Å². The minimum Gasteiger partial charge on any atom is -0.462 e. The van der Waals surface area contributed by atoms with Gasteiger partial charge in [0.1, 0.15) is 17.7 Å². The molecule has 10 heteroatoms. The molecule has 1 aliphatic carbocycles. The average molecular weight is 515 g/mol. The minimum atomic E-state index is -0.350. The summed E-state index contributed by atoms with van der Waals surface area (Å²) in [5, 5.41) is 20.0. The van der Waals surface area contributed by atoms with Crippen molar-refractivity contribution < 1.29 is 9.53 Å². The summed E-state index contributed by atoms with van der Waals surface area (Å²) in [6.45, 7) is 16.2. The molecular formula is C25H34N6O2S2. The van der Waals surface area contributed by atoms with Gasteiger partial charge in [0.25, 0.3) is 0 Å². The van der Waals surface area contributed by atoms with Crippen LogP contribution in [0.4, 0.5) is 15.1 Å². The van der Waals surface area contributed by atoms with Crippen LogP contribution >= 0.6 is 22.9 Å². The number of aryl methyl sites for hydroxylation is 2. The highest BCUT2D eigenvalue weighted by atomic mass is 32.1. The summed E-state index contributed by atoms with van der Waals surface area (Å²) in [5.41, 5.74) is 1.69. The van der Waals surface area contributed by atoms with Crippen LogP contribution in [0.15, 0.2) is 10.2 Å². The monoisotopic (exact) mass is 514 g/mol. The summed E-state index contributed by atoms with van der Waals surface area (Å²) in [7, 11) is 0. The molecule has 8 nitrogen and oxygen atoms in total. The molecule has 35 heavy (non-hydrogen) atoms. The van der Waals surface area contributed by atoms with Crippen molar-refractivity contribution in [1.82, 2.24) is 9.36 Å². The smallest absolute Gasteiger partial charge is 0.312 e. The predicted octanol–water partition coefficient (Wildman–Crippen LogP) is 6.87. The number of carbonyl (C=O) groups is 1. The zero-order chi connectivity index (χ0) is 25.6. The number of nitriles is 1. The lowest BCUT2D eigenvalue weighted by Gasteiger charge is -2.34. The van der Waals surface area contributed by atoms with Gasteiger partial charge < -0.3 is 9.64 Å². The molecule has 1 saturated heterocycles. The Labute approximate surface area is 215 Å². The first kappa shape index (κ1) is 25.7. The number of hydrogen-bond donors (Lipinski definition) is 0. The van der Waals surface area contributed by atoms with E-state index in [-0.39, 0.29) is 28.3 Å². The molecule has 1 aliphatic heterocycles. The van der Waals surface area contributed by atoms with Crippen molar-refractivity contribution in [3.05, 3.63) is 17.0 Å². The fourth-order valence-electron chi connectivity index (χ4n) is 5.02. The first-order valence-electron chi connectivity index (χ1n) is 12.1. The molecule has 2 aromatic heterocycles. The third-order valence-corrected chi connectivity index (χ3v) is 9.00. The van der Waals surface area contributed by atoms with Gasteiger partial charge in [0, 0.05) is 25.9 Å². The van der Waals surface area contributed by atoms with Crippen LogP contribution in [0, 0.1) is 41.4 Å². The standard InChI is InChI=1S/C25H34N6O2S2/c1-15-18(12-26)20(35-30-15)29-28-19-16(2)27-22(34-19)31-10-8-17(9-11-31)33-21(32)25(13-23(3,4)5)14-24(25,6)7/h17H,8-11,13-14H2,1-7H3. The van der Waals surface area contributed by atoms with E-state index in [9.17, 15) is 10.1 Å². The maximum absolute atomic E-state index is 13.2. The number of aromatic nitrogens is 2. The number of nitrogens with zero attached hydrogens (tertiary/aromatic N) is 6. The largest absolute Gasteiger partial charge is 0.462 e. The number of thiazole rings is 1. The van der Waals surface area contributed by atoms with Crippen molar-refractivity contribution >= 4 is 44.0 Å². The Bertz CT molecular complexity index is 1180. The Balaban J connectivity index is 1.36. The molecule has 4 rings (SSSR count). The van der Waals surface area contributed by atoms with E-state index < -0.39 is 0 Å². The Kier molecular flexibility index (Phi) is 6.79. The summed E-state index contributed by atoms with van der Waals surface area (Å²) < 4.78 is 10.3. The third-order valence-electron chi connectivity index (χ3n) is 7.07. The van der Waals surface area contributed by atoms with Gasteiger partial charge in [0.15, 0.2) is 15.1 Å². The van der Waals surface area contributed by atoms with Crippen LogP contribution in [0.1, 0.15) is 77.3 Å². The summed E-state index contributed by atoms with van der Waals surface area (Å²) >= 11 is 2.66. The van der Waals surface area contributed by atoms with Gasteiger partial charge in [0.05, 0.1) is 16.8 Å². The number of hydrogen-bond acceptors (Lipinski definition) is 10. The normalized spacial score (nSPS) is 22.4. The van der Waals surface area contributed by atoms with Crippen LogP contribution in [-0.2, 0) is 9.53 Å². The van der Waals surface area contributed by atoms with Crippen LogP contribution in [0.25, 0.3) is 0 Å². The topological polar surface area (TPSA) is 104 Å². The Morgan fingerprint density at radius 1 is 1.20 bits per heavy atom. The molecular weight excluding hydrogens is 480 g/mol. The summed E-state index contributed by atoms with van der Waals surface area (Å²) in [4.78, 5) is 20.2. The lowest BCUT2D eigenvalue weighted by atomic mass is 9.79. The van der Waals surface area contributed by atoms with Crippen LogP contribution in [0.5, 0.6) is 0 Å². The zero-order valence-corrected chi connectivity index (χ0v) is 23.3. The van der Waals surface area contributed by atoms with Gasteiger partial charge in [-0.25, -0.2) is 4.98 Å². The third kappa shape index (κ3) is 5.26. The fraction of sp³-hybridized carbons (Fsp3) is 0.680. The Morgan fingerprint density at radius 2 is 1.83 bits per heavy atom. The second-order valence-corrected chi connectivity index (χ2v) is 13.3. The van der Waals surface area contributed by atoms with E-state index in [2.05, 4.69) is 60.2 Å². The van der Waals surface area contributed by atoms with Crippen molar-refractivity contribution in [1.29, 1.82) is 5.26 Å². The van der Waals surface area contributed by atoms with Crippen molar-refractivity contribution in [3.63, 3.8) is 0 Å². The first-order valence-corrected chi connectivity index (χ1v) is 13.7. The van der Waals surface area contributed by atoms with Gasteiger partial charge in [-0.1, -0.05) is 46.0 Å². The molecule has 0 bridgehead atoms. The van der Waals surface area contributed by atoms with Gasteiger partial charge in [-0.2, -0.15) is 9.64 Å². The van der Waals surface area contributed by atoms with Crippen molar-refractivity contribution in [2.45, 2.75) is 80.3 Å². The van der Waals surface area contributed by atoms with Gasteiger partial charge in [0.2, 0.25) is 0 Å². The van der Waals surface area contributed by atoms with Gasteiger partial charge in [-0.05, 0) is 49.1 Å². The minimum absolute atomic E-state index is 0.00725. The van der Waals surface area contributed by atoms with E-state index in [1.54, 1.807) is 6.92 Å². The highest BCUT2D eigenvalue weighted by Gasteiger charge is 2.68. The fourth-order valence-corrected chi connectivity index (χ4v) is 6.63. The quantitative estimate of drug-likeness (QED) is 0.308. The number of piperidine rings is 1. The Morgan fingerprint density at radius 3 is 2.40 bits per heavy atom. The van der Waals surface area contributed by atoms with E-state index in [4.69, 9.17) is 9.72 Å². The van der Waals surface area contributed by atoms with E-state index in [1.165, 1.54) is 22.9 Å². The molecule has 1 unspecified atom stereocenters. The summed E-state index contributed by atoms with van der Waals surface area (Å²) in [6, 6.07) is 2.14. The van der Waals surface area contributed by atoms with E-state index in [1.807, 2.05) is 6.92 Å². The van der Waals surface area contributed by atoms with Crippen molar-refractivity contribution in [3.8, 4) is 6.07 Å². The second kappa shape index (κ2) is 9.25. The SMILES string of the molecule is Cc1nc(N2CCC(OC(=O)C3(CC(C)(C)C)CC3(C)C)CC2)sc1N=Nc1snc(C)c1C#N. The lowest BCUT2D eigenvalue weighted by Crippen LogP contribution is -2.40. The molecule has 0 N–H and O–H groups in total. The molecule has 2 fully saturated rings. The number of azo groups is 1. The maximum atomic E-state index is 13.2. The Hall–Kier alpha value is -2.38. The van der Waals surface area contributed by atoms with Gasteiger partial charge in [-0.15, -0.1) is 10.2 Å². The lowest BCUT2D eigenvalue weighted by molar-refractivity contribution is -0.159. The summed E-state index contributed by atoms with van der Waals surface area (Å²) in [6.07, 6.45) is 3.29. The van der Waals surface area contributed by atoms with E-state index >= 15 is 0 Å². The summed E-state index contributed by atoms with van der Waals surface area (Å²) in [5.74, 6) is -0.0151. The molecule has 188 valence electrons. The van der Waals surface area contributed by atoms with E-state index in [0.29, 0.717) is 16.3 Å². The molecule has 0 radical (unpaired) electrons. The molecule has 0 spiro atoms. The highest BCUT2D eigenvalue weighted by molar-refractivity contribution is 7.19. The molecule has 1 atom stereocenters.